The summed E-state index contributed by atoms with van der Waals surface area (Å²) in [5, 5.41) is 5.56. The van der Waals surface area contributed by atoms with Crippen LogP contribution in [0.25, 0.3) is 0 Å². The highest BCUT2D eigenvalue weighted by Gasteiger charge is 2.22. The number of carbonyl (C=O) groups excluding carboxylic acids is 3. The summed E-state index contributed by atoms with van der Waals surface area (Å²) < 4.78 is 5.12. The summed E-state index contributed by atoms with van der Waals surface area (Å²) in [5.41, 5.74) is 6.69. The number of methoxy groups -OCH3 is 1. The first-order valence-corrected chi connectivity index (χ1v) is 9.64. The van der Waals surface area contributed by atoms with E-state index < -0.39 is 18.0 Å². The number of rotatable bonds is 9. The van der Waals surface area contributed by atoms with Gasteiger partial charge in [0.2, 0.25) is 5.91 Å². The smallest absolute Gasteiger partial charge is 0.261 e. The van der Waals surface area contributed by atoms with E-state index in [1.54, 1.807) is 26.3 Å². The third kappa shape index (κ3) is 7.21. The molecule has 2 aromatic rings. The Morgan fingerprint density at radius 1 is 0.833 bits per heavy atom. The lowest BCUT2D eigenvalue weighted by atomic mass is 10.0. The molecule has 160 valence electrons. The molecule has 0 spiro atoms. The van der Waals surface area contributed by atoms with Gasteiger partial charge in [-0.2, -0.15) is 0 Å². The molecule has 30 heavy (non-hydrogen) atoms. The zero-order chi connectivity index (χ0) is 21.9. The van der Waals surface area contributed by atoms with E-state index in [1.165, 1.54) is 6.92 Å². The molecule has 8 nitrogen and oxygen atoms in total. The fourth-order valence-electron chi connectivity index (χ4n) is 2.93. The molecule has 0 aliphatic rings. The van der Waals surface area contributed by atoms with Gasteiger partial charge in [0.05, 0.1) is 13.2 Å². The number of likely N-dealkylation sites (N-methyl/N-ethyl adjacent to an activating group) is 1. The Morgan fingerprint density at radius 2 is 1.37 bits per heavy atom. The molecule has 0 fully saturated rings. The maximum absolute atomic E-state index is 12.6. The molecular weight excluding hydrogens is 384 g/mol. The molecule has 2 aromatic carbocycles. The van der Waals surface area contributed by atoms with E-state index in [-0.39, 0.29) is 18.2 Å². The molecule has 0 saturated carbocycles. The van der Waals surface area contributed by atoms with Crippen LogP contribution in [0.5, 0.6) is 5.75 Å². The minimum Gasteiger partial charge on any atom is -0.497 e. The molecule has 0 unspecified atom stereocenters. The van der Waals surface area contributed by atoms with Crippen molar-refractivity contribution >= 4 is 17.7 Å². The lowest BCUT2D eigenvalue weighted by Gasteiger charge is -2.20. The summed E-state index contributed by atoms with van der Waals surface area (Å²) in [6.45, 7) is 1.34. The molecule has 3 amide bonds. The molecule has 0 heterocycles. The summed E-state index contributed by atoms with van der Waals surface area (Å²) in [7, 11) is 3.25. The fraction of sp³-hybridized carbons (Fsp3) is 0.318. The maximum Gasteiger partial charge on any atom is 0.261 e. The molecule has 0 aromatic heterocycles. The number of benzene rings is 2. The Balaban J connectivity index is 1.96. The van der Waals surface area contributed by atoms with Crippen LogP contribution >= 0.6 is 0 Å². The highest BCUT2D eigenvalue weighted by atomic mass is 16.5. The van der Waals surface area contributed by atoms with Crippen molar-refractivity contribution in [2.45, 2.75) is 31.8 Å². The topological polar surface area (TPSA) is 109 Å². The van der Waals surface area contributed by atoms with Gasteiger partial charge in [-0.1, -0.05) is 42.5 Å². The van der Waals surface area contributed by atoms with E-state index in [9.17, 15) is 14.4 Å². The van der Waals surface area contributed by atoms with Crippen molar-refractivity contribution in [3.8, 4) is 5.75 Å². The van der Waals surface area contributed by atoms with Gasteiger partial charge < -0.3 is 15.4 Å². The average Bonchev–Trinajstić information content (AvgIpc) is 2.76. The highest BCUT2D eigenvalue weighted by molar-refractivity contribution is 5.90. The number of nitrogens with one attached hydrogen (secondary N) is 4. The second-order valence-electron chi connectivity index (χ2n) is 6.81. The normalized spacial score (nSPS) is 12.4. The Hall–Kier alpha value is -3.39. The predicted molar refractivity (Wildman–Crippen MR) is 114 cm³/mol. The van der Waals surface area contributed by atoms with Crippen molar-refractivity contribution < 1.29 is 19.1 Å². The van der Waals surface area contributed by atoms with Gasteiger partial charge in [0, 0.05) is 13.3 Å². The van der Waals surface area contributed by atoms with Gasteiger partial charge in [-0.25, -0.2) is 0 Å². The monoisotopic (exact) mass is 412 g/mol. The molecule has 2 atom stereocenters. The molecule has 4 N–H and O–H groups in total. The molecular formula is C22H28N4O4. The molecule has 0 aliphatic heterocycles. The summed E-state index contributed by atoms with van der Waals surface area (Å²) in [5.74, 6) is -0.528. The van der Waals surface area contributed by atoms with Gasteiger partial charge in [0.25, 0.3) is 11.8 Å². The lowest BCUT2D eigenvalue weighted by molar-refractivity contribution is -0.132. The van der Waals surface area contributed by atoms with Crippen LogP contribution < -0.4 is 26.2 Å². The van der Waals surface area contributed by atoms with Crippen molar-refractivity contribution in [2.24, 2.45) is 0 Å². The maximum atomic E-state index is 12.6. The molecule has 0 radical (unpaired) electrons. The van der Waals surface area contributed by atoms with Crippen LogP contribution in [-0.2, 0) is 27.2 Å². The van der Waals surface area contributed by atoms with Crippen LogP contribution in [0.3, 0.4) is 0 Å². The standard InChI is InChI=1S/C22H28N4O4/c1-15(27)24-20(14-17-9-11-18(30-3)12-10-17)22(29)26-25-21(28)19(23-2)13-16-7-5-4-6-8-16/h4-12,19-20,23H,13-14H2,1-3H3,(H,24,27)(H,25,28)(H,26,29)/t19-,20+/m0/s1. The lowest BCUT2D eigenvalue weighted by Crippen LogP contribution is -2.56. The zero-order valence-electron chi connectivity index (χ0n) is 17.4. The van der Waals surface area contributed by atoms with Crippen molar-refractivity contribution in [2.75, 3.05) is 14.2 Å². The van der Waals surface area contributed by atoms with Gasteiger partial charge in [-0.3, -0.25) is 25.2 Å². The van der Waals surface area contributed by atoms with Crippen LogP contribution in [0.15, 0.2) is 54.6 Å². The number of hydrogen-bond donors (Lipinski definition) is 4. The summed E-state index contributed by atoms with van der Waals surface area (Å²) >= 11 is 0. The second-order valence-corrected chi connectivity index (χ2v) is 6.81. The van der Waals surface area contributed by atoms with Crippen LogP contribution in [0.1, 0.15) is 18.1 Å². The van der Waals surface area contributed by atoms with E-state index in [4.69, 9.17) is 4.74 Å². The molecule has 2 rings (SSSR count). The number of hydrogen-bond acceptors (Lipinski definition) is 5. The highest BCUT2D eigenvalue weighted by Crippen LogP contribution is 2.13. The minimum atomic E-state index is -0.835. The van der Waals surface area contributed by atoms with Crippen LogP contribution in [-0.4, -0.2) is 44.0 Å². The largest absolute Gasteiger partial charge is 0.497 e. The Bertz CT molecular complexity index is 840. The Morgan fingerprint density at radius 3 is 1.90 bits per heavy atom. The Kier molecular flexibility index (Phi) is 8.83. The average molecular weight is 412 g/mol. The minimum absolute atomic E-state index is 0.269. The molecule has 0 bridgehead atoms. The number of carbonyl (C=O) groups is 3. The molecule has 8 heteroatoms. The van der Waals surface area contributed by atoms with Crippen molar-refractivity contribution in [1.29, 1.82) is 0 Å². The van der Waals surface area contributed by atoms with Crippen molar-refractivity contribution in [3.05, 3.63) is 65.7 Å². The zero-order valence-corrected chi connectivity index (χ0v) is 17.4. The van der Waals surface area contributed by atoms with Gasteiger partial charge in [0.15, 0.2) is 0 Å². The molecule has 0 aliphatic carbocycles. The summed E-state index contributed by atoms with van der Waals surface area (Å²) in [4.78, 5) is 36.6. The SMILES string of the molecule is CN[C@@H](Cc1ccccc1)C(=O)NNC(=O)[C@@H](Cc1ccc(OC)cc1)NC(C)=O. The first-order chi connectivity index (χ1) is 14.4. The number of amides is 3. The van der Waals surface area contributed by atoms with Gasteiger partial charge >= 0.3 is 0 Å². The van der Waals surface area contributed by atoms with Gasteiger partial charge in [-0.05, 0) is 36.7 Å². The van der Waals surface area contributed by atoms with Crippen LogP contribution in [0, 0.1) is 0 Å². The van der Waals surface area contributed by atoms with Crippen LogP contribution in [0.4, 0.5) is 0 Å². The third-order valence-electron chi connectivity index (χ3n) is 4.55. The van der Waals surface area contributed by atoms with E-state index in [0.29, 0.717) is 12.2 Å². The van der Waals surface area contributed by atoms with Crippen molar-refractivity contribution in [3.63, 3.8) is 0 Å². The van der Waals surface area contributed by atoms with E-state index in [1.807, 2.05) is 42.5 Å². The molecule has 0 saturated heterocycles. The Labute approximate surface area is 176 Å². The second kappa shape index (κ2) is 11.6. The van der Waals surface area contributed by atoms with E-state index in [0.717, 1.165) is 11.1 Å². The van der Waals surface area contributed by atoms with Gasteiger partial charge in [-0.15, -0.1) is 0 Å². The number of hydrazine groups is 1. The van der Waals surface area contributed by atoms with Crippen molar-refractivity contribution in [1.82, 2.24) is 21.5 Å². The quantitative estimate of drug-likeness (QED) is 0.454. The van der Waals surface area contributed by atoms with E-state index in [2.05, 4.69) is 21.5 Å². The van der Waals surface area contributed by atoms with E-state index >= 15 is 0 Å². The predicted octanol–water partition coefficient (Wildman–Crippen LogP) is 0.721. The number of ether oxygens (including phenoxy) is 1. The third-order valence-corrected chi connectivity index (χ3v) is 4.55. The first kappa shape index (κ1) is 22.9. The summed E-state index contributed by atoms with van der Waals surface area (Å²) in [6.07, 6.45) is 0.741. The van der Waals surface area contributed by atoms with Crippen LogP contribution in [0.2, 0.25) is 0 Å². The first-order valence-electron chi connectivity index (χ1n) is 9.64. The fourth-order valence-corrected chi connectivity index (χ4v) is 2.93. The van der Waals surface area contributed by atoms with Gasteiger partial charge in [0.1, 0.15) is 11.8 Å². The summed E-state index contributed by atoms with van der Waals surface area (Å²) in [6, 6.07) is 15.4.